The van der Waals surface area contributed by atoms with Gasteiger partial charge in [0.25, 0.3) is 0 Å². The van der Waals surface area contributed by atoms with Crippen LogP contribution in [-0.2, 0) is 23.9 Å². The number of hydrogen-bond acceptors (Lipinski definition) is 6. The van der Waals surface area contributed by atoms with Crippen molar-refractivity contribution in [2.45, 2.75) is 38.3 Å². The second kappa shape index (κ2) is 8.52. The van der Waals surface area contributed by atoms with Crippen LogP contribution in [0.4, 0.5) is 0 Å². The number of aryl methyl sites for hydroxylation is 1. The Bertz CT molecular complexity index is 720. The third-order valence-corrected chi connectivity index (χ3v) is 5.52. The molecule has 27 heavy (non-hydrogen) atoms. The molecule has 0 spiro atoms. The molecule has 3 atom stereocenters. The van der Waals surface area contributed by atoms with Crippen LogP contribution in [0, 0.1) is 12.8 Å². The first-order chi connectivity index (χ1) is 12.8. The van der Waals surface area contributed by atoms with Crippen molar-refractivity contribution >= 4 is 17.8 Å². The van der Waals surface area contributed by atoms with Gasteiger partial charge in [0.1, 0.15) is 5.54 Å². The van der Waals surface area contributed by atoms with Gasteiger partial charge in [-0.15, -0.1) is 0 Å². The minimum atomic E-state index is -0.911. The minimum Gasteiger partial charge on any atom is -0.469 e. The zero-order valence-corrected chi connectivity index (χ0v) is 16.6. The van der Waals surface area contributed by atoms with Crippen LogP contribution in [0.1, 0.15) is 36.9 Å². The van der Waals surface area contributed by atoms with Gasteiger partial charge in [-0.3, -0.25) is 19.3 Å². The molecule has 1 amide bonds. The van der Waals surface area contributed by atoms with E-state index in [-0.39, 0.29) is 36.9 Å². The summed E-state index contributed by atoms with van der Waals surface area (Å²) >= 11 is 0. The van der Waals surface area contributed by atoms with Crippen molar-refractivity contribution in [3.63, 3.8) is 0 Å². The Morgan fingerprint density at radius 2 is 1.89 bits per heavy atom. The molecular weight excluding hydrogens is 348 g/mol. The molecule has 1 saturated heterocycles. The predicted molar refractivity (Wildman–Crippen MR) is 99.9 cm³/mol. The van der Waals surface area contributed by atoms with Crippen molar-refractivity contribution in [2.75, 3.05) is 27.8 Å². The summed E-state index contributed by atoms with van der Waals surface area (Å²) in [6.45, 7) is 3.98. The van der Waals surface area contributed by atoms with Crippen LogP contribution in [0.15, 0.2) is 24.3 Å². The molecule has 1 aromatic carbocycles. The van der Waals surface area contributed by atoms with Crippen LogP contribution < -0.4 is 5.32 Å². The highest BCUT2D eigenvalue weighted by Gasteiger charge is 2.55. The van der Waals surface area contributed by atoms with E-state index in [1.165, 1.54) is 14.2 Å². The Balaban J connectivity index is 2.31. The molecule has 1 N–H and O–H groups in total. The molecule has 1 aliphatic heterocycles. The van der Waals surface area contributed by atoms with Crippen molar-refractivity contribution in [2.24, 2.45) is 5.92 Å². The number of benzene rings is 1. The maximum absolute atomic E-state index is 12.9. The van der Waals surface area contributed by atoms with Gasteiger partial charge in [0.15, 0.2) is 0 Å². The lowest BCUT2D eigenvalue weighted by Crippen LogP contribution is -2.47. The number of rotatable bonds is 6. The topological polar surface area (TPSA) is 84.9 Å². The van der Waals surface area contributed by atoms with Crippen molar-refractivity contribution in [3.8, 4) is 0 Å². The van der Waals surface area contributed by atoms with Gasteiger partial charge in [-0.25, -0.2) is 0 Å². The van der Waals surface area contributed by atoms with Gasteiger partial charge in [-0.2, -0.15) is 0 Å². The Morgan fingerprint density at radius 3 is 2.48 bits per heavy atom. The smallest absolute Gasteiger partial charge is 0.326 e. The predicted octanol–water partition coefficient (Wildman–Crippen LogP) is 1.60. The van der Waals surface area contributed by atoms with Crippen molar-refractivity contribution in [1.82, 2.24) is 10.2 Å². The number of ether oxygens (including phenoxy) is 2. The normalized spacial score (nSPS) is 25.1. The highest BCUT2D eigenvalue weighted by atomic mass is 16.5. The second-order valence-electron chi connectivity index (χ2n) is 7.11. The zero-order chi connectivity index (χ0) is 20.2. The molecule has 1 aliphatic rings. The van der Waals surface area contributed by atoms with Gasteiger partial charge in [0, 0.05) is 12.6 Å². The summed E-state index contributed by atoms with van der Waals surface area (Å²) in [4.78, 5) is 38.6. The highest BCUT2D eigenvalue weighted by Crippen LogP contribution is 2.47. The number of nitrogens with one attached hydrogen (secondary N) is 1. The van der Waals surface area contributed by atoms with Crippen LogP contribution in [0.5, 0.6) is 0 Å². The van der Waals surface area contributed by atoms with Gasteiger partial charge in [0.2, 0.25) is 5.91 Å². The molecule has 148 valence electrons. The molecule has 0 aliphatic carbocycles. The lowest BCUT2D eigenvalue weighted by molar-refractivity contribution is -0.152. The number of likely N-dealkylation sites (N-methyl/N-ethyl adjacent to an activating group) is 1. The fourth-order valence-electron chi connectivity index (χ4n) is 3.81. The maximum Gasteiger partial charge on any atom is 0.326 e. The third-order valence-electron chi connectivity index (χ3n) is 5.52. The number of amides is 1. The molecule has 2 rings (SSSR count). The largest absolute Gasteiger partial charge is 0.469 e. The quantitative estimate of drug-likeness (QED) is 0.759. The number of methoxy groups -OCH3 is 2. The van der Waals surface area contributed by atoms with E-state index in [0.717, 1.165) is 11.1 Å². The van der Waals surface area contributed by atoms with Gasteiger partial charge in [-0.1, -0.05) is 24.3 Å². The molecular formula is C20H28N2O5. The fourth-order valence-corrected chi connectivity index (χ4v) is 3.81. The highest BCUT2D eigenvalue weighted by molar-refractivity contribution is 5.86. The second-order valence-corrected chi connectivity index (χ2v) is 7.11. The molecule has 0 bridgehead atoms. The Morgan fingerprint density at radius 1 is 1.22 bits per heavy atom. The fraction of sp³-hybridized carbons (Fsp3) is 0.550. The number of carbonyl (C=O) groups is 3. The Hall–Kier alpha value is -2.41. The number of esters is 2. The summed E-state index contributed by atoms with van der Waals surface area (Å²) in [5.74, 6) is -1.38. The minimum absolute atomic E-state index is 0.105. The van der Waals surface area contributed by atoms with Gasteiger partial charge < -0.3 is 14.8 Å². The van der Waals surface area contributed by atoms with Gasteiger partial charge in [-0.05, 0) is 38.4 Å². The summed E-state index contributed by atoms with van der Waals surface area (Å²) in [5, 5.41) is 2.81. The Labute approximate surface area is 160 Å². The van der Waals surface area contributed by atoms with Crippen LogP contribution in [0.25, 0.3) is 0 Å². The lowest BCUT2D eigenvalue weighted by atomic mass is 9.88. The zero-order valence-electron chi connectivity index (χ0n) is 16.6. The number of nitrogens with zero attached hydrogens (tertiary/aromatic N) is 1. The van der Waals surface area contributed by atoms with E-state index in [0.29, 0.717) is 6.42 Å². The van der Waals surface area contributed by atoms with E-state index < -0.39 is 11.5 Å². The van der Waals surface area contributed by atoms with E-state index in [1.807, 2.05) is 43.1 Å². The van der Waals surface area contributed by atoms with E-state index >= 15 is 0 Å². The van der Waals surface area contributed by atoms with Crippen LogP contribution in [0.2, 0.25) is 0 Å². The molecule has 0 unspecified atom stereocenters. The van der Waals surface area contributed by atoms with E-state index in [4.69, 9.17) is 4.74 Å². The average molecular weight is 376 g/mol. The monoisotopic (exact) mass is 376 g/mol. The first-order valence-electron chi connectivity index (χ1n) is 8.97. The molecule has 1 fully saturated rings. The number of carbonyl (C=O) groups excluding carboxylic acids is 3. The summed E-state index contributed by atoms with van der Waals surface area (Å²) < 4.78 is 9.60. The maximum atomic E-state index is 12.9. The molecule has 7 heteroatoms. The summed E-state index contributed by atoms with van der Waals surface area (Å²) in [6.07, 6.45) is 0.438. The number of likely N-dealkylation sites (tertiary alicyclic amines) is 1. The molecule has 7 nitrogen and oxygen atoms in total. The van der Waals surface area contributed by atoms with Crippen molar-refractivity contribution in [3.05, 3.63) is 35.4 Å². The number of hydrogen-bond donors (Lipinski definition) is 1. The SMILES string of the molecule is COC(=O)CCNC(=O)[C@H]1C[C@@](C)(C(=O)OC)N(C)[C@H]1c1ccccc1C. The first kappa shape index (κ1) is 20.9. The summed E-state index contributed by atoms with van der Waals surface area (Å²) in [5.41, 5.74) is 1.14. The first-order valence-corrected chi connectivity index (χ1v) is 8.97. The molecule has 1 aromatic rings. The summed E-state index contributed by atoms with van der Waals surface area (Å²) in [7, 11) is 4.51. The standard InChI is InChI=1S/C20H28N2O5/c1-13-8-6-7-9-14(13)17-15(18(24)21-11-10-16(23)26-4)12-20(2,22(17)3)19(25)27-5/h6-9,15,17H,10-12H2,1-5H3,(H,21,24)/t15-,17-,20-/m0/s1. The summed E-state index contributed by atoms with van der Waals surface area (Å²) in [6, 6.07) is 7.57. The van der Waals surface area contributed by atoms with Crippen molar-refractivity contribution in [1.29, 1.82) is 0 Å². The third kappa shape index (κ3) is 4.13. The molecule has 0 radical (unpaired) electrons. The van der Waals surface area contributed by atoms with E-state index in [2.05, 4.69) is 10.1 Å². The van der Waals surface area contributed by atoms with Crippen LogP contribution in [0.3, 0.4) is 0 Å². The van der Waals surface area contributed by atoms with Crippen molar-refractivity contribution < 1.29 is 23.9 Å². The molecule has 0 aromatic heterocycles. The lowest BCUT2D eigenvalue weighted by Gasteiger charge is -2.33. The Kier molecular flexibility index (Phi) is 6.59. The van der Waals surface area contributed by atoms with E-state index in [9.17, 15) is 14.4 Å². The van der Waals surface area contributed by atoms with Gasteiger partial charge in [0.05, 0.1) is 26.6 Å². The average Bonchev–Trinajstić information content (AvgIpc) is 2.93. The van der Waals surface area contributed by atoms with E-state index in [1.54, 1.807) is 6.92 Å². The van der Waals surface area contributed by atoms with Gasteiger partial charge >= 0.3 is 11.9 Å². The molecule has 1 heterocycles. The molecule has 0 saturated carbocycles. The van der Waals surface area contributed by atoms with Crippen LogP contribution in [-0.4, -0.2) is 56.1 Å². The van der Waals surface area contributed by atoms with Crippen LogP contribution >= 0.6 is 0 Å².